The molecule has 0 aromatic heterocycles. The molecular weight excluding hydrogens is 156 g/mol. The quantitative estimate of drug-likeness (QED) is 0.608. The molecule has 0 amide bonds. The molecule has 1 saturated carbocycles. The summed E-state index contributed by atoms with van der Waals surface area (Å²) in [7, 11) is 0. The molecule has 68 valence electrons. The van der Waals surface area contributed by atoms with Gasteiger partial charge in [-0.25, -0.2) is 0 Å². The van der Waals surface area contributed by atoms with Crippen LogP contribution < -0.4 is 0 Å². The molecule has 0 bridgehead atoms. The Balaban J connectivity index is 2.23. The SMILES string of the molecule is CC1(c2[c]cccc2)[CH]CCCC1. The summed E-state index contributed by atoms with van der Waals surface area (Å²) in [5.74, 6) is 0. The third-order valence-corrected chi connectivity index (χ3v) is 3.07. The predicted molar refractivity (Wildman–Crippen MR) is 55.4 cm³/mol. The van der Waals surface area contributed by atoms with E-state index in [2.05, 4.69) is 31.5 Å². The van der Waals surface area contributed by atoms with Gasteiger partial charge in [-0.05, 0) is 36.3 Å². The maximum Gasteiger partial charge on any atom is -0.00379 e. The van der Waals surface area contributed by atoms with Gasteiger partial charge in [0.25, 0.3) is 0 Å². The fraction of sp³-hybridized carbons (Fsp3) is 0.462. The van der Waals surface area contributed by atoms with Crippen LogP contribution in [0.3, 0.4) is 0 Å². The highest BCUT2D eigenvalue weighted by Crippen LogP contribution is 2.37. The highest BCUT2D eigenvalue weighted by Gasteiger charge is 2.28. The second-order valence-electron chi connectivity index (χ2n) is 4.14. The van der Waals surface area contributed by atoms with Crippen LogP contribution in [0, 0.1) is 12.5 Å². The van der Waals surface area contributed by atoms with Crippen LogP contribution >= 0.6 is 0 Å². The Bertz CT molecular complexity index is 255. The molecule has 0 nitrogen and oxygen atoms in total. The topological polar surface area (TPSA) is 0 Å². The van der Waals surface area contributed by atoms with E-state index in [-0.39, 0.29) is 0 Å². The van der Waals surface area contributed by atoms with E-state index in [0.29, 0.717) is 5.41 Å². The van der Waals surface area contributed by atoms with E-state index in [0.717, 1.165) is 0 Å². The van der Waals surface area contributed by atoms with Crippen LogP contribution in [0.4, 0.5) is 0 Å². The highest BCUT2D eigenvalue weighted by molar-refractivity contribution is 5.27. The Hall–Kier alpha value is -0.780. The number of hydrogen-bond donors (Lipinski definition) is 0. The third kappa shape index (κ3) is 1.77. The summed E-state index contributed by atoms with van der Waals surface area (Å²) >= 11 is 0. The van der Waals surface area contributed by atoms with E-state index in [1.54, 1.807) is 0 Å². The lowest BCUT2D eigenvalue weighted by Crippen LogP contribution is -2.25. The van der Waals surface area contributed by atoms with Gasteiger partial charge < -0.3 is 0 Å². The molecule has 0 aliphatic heterocycles. The minimum Gasteiger partial charge on any atom is -0.0619 e. The normalized spacial score (nSPS) is 21.3. The Morgan fingerprint density at radius 1 is 1.31 bits per heavy atom. The Morgan fingerprint density at radius 3 is 2.85 bits per heavy atom. The van der Waals surface area contributed by atoms with E-state index < -0.39 is 0 Å². The van der Waals surface area contributed by atoms with Gasteiger partial charge in [0.2, 0.25) is 0 Å². The largest absolute Gasteiger partial charge is 0.0619 e. The standard InChI is InChI=1S/C13H16/c1-13(10-6-3-7-11-13)12-8-4-2-5-9-12/h2,4-5,8,10H,3,6-7,11H2,1H3. The van der Waals surface area contributed by atoms with Crippen molar-refractivity contribution in [2.75, 3.05) is 0 Å². The van der Waals surface area contributed by atoms with Crippen LogP contribution in [0.2, 0.25) is 0 Å². The molecular formula is C13H16. The number of rotatable bonds is 1. The zero-order valence-corrected chi connectivity index (χ0v) is 8.22. The first-order chi connectivity index (χ1) is 6.31. The number of benzene rings is 1. The maximum absolute atomic E-state index is 3.35. The van der Waals surface area contributed by atoms with Crippen molar-refractivity contribution in [3.8, 4) is 0 Å². The Kier molecular flexibility index (Phi) is 2.39. The fourth-order valence-electron chi connectivity index (χ4n) is 2.15. The van der Waals surface area contributed by atoms with E-state index in [1.165, 1.54) is 31.2 Å². The molecule has 1 unspecified atom stereocenters. The molecule has 1 aliphatic rings. The summed E-state index contributed by atoms with van der Waals surface area (Å²) in [6.07, 6.45) is 7.73. The van der Waals surface area contributed by atoms with Crippen LogP contribution in [0.15, 0.2) is 24.3 Å². The van der Waals surface area contributed by atoms with Crippen molar-refractivity contribution in [3.05, 3.63) is 42.3 Å². The molecule has 0 spiro atoms. The molecule has 13 heavy (non-hydrogen) atoms. The van der Waals surface area contributed by atoms with Gasteiger partial charge in [-0.15, -0.1) is 0 Å². The lowest BCUT2D eigenvalue weighted by molar-refractivity contribution is 0.406. The molecule has 2 rings (SSSR count). The molecule has 1 aliphatic carbocycles. The first-order valence-electron chi connectivity index (χ1n) is 5.13. The van der Waals surface area contributed by atoms with Crippen LogP contribution in [0.1, 0.15) is 38.2 Å². The van der Waals surface area contributed by atoms with Gasteiger partial charge in [-0.2, -0.15) is 0 Å². The molecule has 0 heterocycles. The minimum atomic E-state index is 0.291. The average Bonchev–Trinajstić information content (AvgIpc) is 2.20. The smallest absolute Gasteiger partial charge is 0.00379 e. The van der Waals surface area contributed by atoms with Gasteiger partial charge in [0.15, 0.2) is 0 Å². The Labute approximate surface area is 81.0 Å². The molecule has 1 aromatic rings. The van der Waals surface area contributed by atoms with Gasteiger partial charge in [0, 0.05) is 0 Å². The van der Waals surface area contributed by atoms with E-state index in [1.807, 2.05) is 12.1 Å². The Morgan fingerprint density at radius 2 is 2.23 bits per heavy atom. The maximum atomic E-state index is 3.35. The predicted octanol–water partition coefficient (Wildman–Crippen LogP) is 3.52. The van der Waals surface area contributed by atoms with Crippen molar-refractivity contribution < 1.29 is 0 Å². The summed E-state index contributed by atoms with van der Waals surface area (Å²) in [6, 6.07) is 11.7. The zero-order chi connectivity index (χ0) is 9.15. The monoisotopic (exact) mass is 172 g/mol. The molecule has 2 radical (unpaired) electrons. The van der Waals surface area contributed by atoms with Crippen molar-refractivity contribution in [2.24, 2.45) is 0 Å². The van der Waals surface area contributed by atoms with Crippen LogP contribution in [-0.2, 0) is 5.41 Å². The van der Waals surface area contributed by atoms with E-state index in [4.69, 9.17) is 0 Å². The second-order valence-corrected chi connectivity index (χ2v) is 4.14. The third-order valence-electron chi connectivity index (χ3n) is 3.07. The molecule has 1 fully saturated rings. The zero-order valence-electron chi connectivity index (χ0n) is 8.22. The van der Waals surface area contributed by atoms with Gasteiger partial charge >= 0.3 is 0 Å². The average molecular weight is 172 g/mol. The van der Waals surface area contributed by atoms with Crippen LogP contribution in [-0.4, -0.2) is 0 Å². The summed E-state index contributed by atoms with van der Waals surface area (Å²) in [5, 5.41) is 0. The highest BCUT2D eigenvalue weighted by atomic mass is 14.3. The van der Waals surface area contributed by atoms with Gasteiger partial charge in [0.1, 0.15) is 0 Å². The van der Waals surface area contributed by atoms with Crippen molar-refractivity contribution in [1.82, 2.24) is 0 Å². The second kappa shape index (κ2) is 3.53. The summed E-state index contributed by atoms with van der Waals surface area (Å²) in [6.45, 7) is 2.33. The van der Waals surface area contributed by atoms with E-state index >= 15 is 0 Å². The molecule has 1 atom stereocenters. The van der Waals surface area contributed by atoms with Crippen LogP contribution in [0.25, 0.3) is 0 Å². The lowest BCUT2D eigenvalue weighted by Gasteiger charge is -2.33. The summed E-state index contributed by atoms with van der Waals surface area (Å²) in [4.78, 5) is 0. The summed E-state index contributed by atoms with van der Waals surface area (Å²) in [5.41, 5.74) is 1.65. The lowest BCUT2D eigenvalue weighted by atomic mass is 9.71. The molecule has 0 N–H and O–H groups in total. The van der Waals surface area contributed by atoms with Crippen molar-refractivity contribution >= 4 is 0 Å². The van der Waals surface area contributed by atoms with Gasteiger partial charge in [-0.1, -0.05) is 44.0 Å². The van der Waals surface area contributed by atoms with Gasteiger partial charge in [-0.3, -0.25) is 0 Å². The molecule has 0 heteroatoms. The van der Waals surface area contributed by atoms with Crippen molar-refractivity contribution in [1.29, 1.82) is 0 Å². The fourth-order valence-corrected chi connectivity index (χ4v) is 2.15. The molecule has 1 aromatic carbocycles. The molecule has 0 saturated heterocycles. The van der Waals surface area contributed by atoms with Crippen molar-refractivity contribution in [3.63, 3.8) is 0 Å². The minimum absolute atomic E-state index is 0.291. The van der Waals surface area contributed by atoms with Gasteiger partial charge in [0.05, 0.1) is 0 Å². The summed E-state index contributed by atoms with van der Waals surface area (Å²) < 4.78 is 0. The first-order valence-corrected chi connectivity index (χ1v) is 5.13. The van der Waals surface area contributed by atoms with Crippen LogP contribution in [0.5, 0.6) is 0 Å². The first kappa shape index (κ1) is 8.80. The number of hydrogen-bond acceptors (Lipinski definition) is 0. The van der Waals surface area contributed by atoms with E-state index in [9.17, 15) is 0 Å². The van der Waals surface area contributed by atoms with Crippen molar-refractivity contribution in [2.45, 2.75) is 38.0 Å².